The number of H-pyrrole nitrogens is 1. The summed E-state index contributed by atoms with van der Waals surface area (Å²) in [5.41, 5.74) is 0.506. The molecule has 2 heterocycles. The summed E-state index contributed by atoms with van der Waals surface area (Å²) in [5, 5.41) is 13.6. The molecule has 0 amide bonds. The molecule has 22 heavy (non-hydrogen) atoms. The highest BCUT2D eigenvalue weighted by Crippen LogP contribution is 2.38. The number of ether oxygens (including phenoxy) is 2. The molecule has 0 bridgehead atoms. The van der Waals surface area contributed by atoms with Crippen molar-refractivity contribution in [2.24, 2.45) is 5.92 Å². The Kier molecular flexibility index (Phi) is 4.04. The fourth-order valence-electron chi connectivity index (χ4n) is 2.32. The van der Waals surface area contributed by atoms with Crippen LogP contribution in [0.1, 0.15) is 49.0 Å². The highest BCUT2D eigenvalue weighted by molar-refractivity contribution is 6.02. The summed E-state index contributed by atoms with van der Waals surface area (Å²) in [6.07, 6.45) is 0.603. The number of ketones is 1. The van der Waals surface area contributed by atoms with E-state index in [-0.39, 0.29) is 12.2 Å². The lowest BCUT2D eigenvalue weighted by Crippen LogP contribution is -2.22. The van der Waals surface area contributed by atoms with Crippen LogP contribution in [0.25, 0.3) is 0 Å². The van der Waals surface area contributed by atoms with Crippen LogP contribution in [0.2, 0.25) is 0 Å². The number of aromatic amines is 1. The van der Waals surface area contributed by atoms with Gasteiger partial charge in [0.05, 0.1) is 13.0 Å². The zero-order valence-electron chi connectivity index (χ0n) is 12.6. The first-order valence-electron chi connectivity index (χ1n) is 7.34. The van der Waals surface area contributed by atoms with E-state index in [1.807, 2.05) is 6.07 Å². The Morgan fingerprint density at radius 2 is 2.32 bits per heavy atom. The Bertz CT molecular complexity index is 655. The Balaban J connectivity index is 1.81. The first-order valence-corrected chi connectivity index (χ1v) is 7.34. The summed E-state index contributed by atoms with van der Waals surface area (Å²) in [5.74, 6) is 1.98. The molecule has 2 aromatic rings. The van der Waals surface area contributed by atoms with Crippen LogP contribution in [-0.4, -0.2) is 33.0 Å². The molecule has 0 radical (unpaired) electrons. The number of fused-ring (bicyclic) bond motifs is 1. The molecular weight excluding hydrogens is 284 g/mol. The topological polar surface area (TPSA) is 90.0 Å². The third-order valence-corrected chi connectivity index (χ3v) is 3.51. The first-order chi connectivity index (χ1) is 10.6. The second-order valence-electron chi connectivity index (χ2n) is 5.66. The molecule has 0 saturated heterocycles. The normalized spacial score (nSPS) is 17.2. The van der Waals surface area contributed by atoms with Crippen LogP contribution >= 0.6 is 0 Å². The molecule has 0 spiro atoms. The summed E-state index contributed by atoms with van der Waals surface area (Å²) in [6, 6.07) is 5.37. The van der Waals surface area contributed by atoms with Gasteiger partial charge in [-0.3, -0.25) is 4.79 Å². The van der Waals surface area contributed by atoms with Crippen molar-refractivity contribution in [3.63, 3.8) is 0 Å². The zero-order chi connectivity index (χ0) is 15.5. The second kappa shape index (κ2) is 6.13. The molecule has 0 aliphatic carbocycles. The van der Waals surface area contributed by atoms with Crippen molar-refractivity contribution in [3.8, 4) is 11.5 Å². The largest absolute Gasteiger partial charge is 0.493 e. The minimum atomic E-state index is -0.510. The molecule has 1 aliphatic heterocycles. The monoisotopic (exact) mass is 302 g/mol. The van der Waals surface area contributed by atoms with Crippen LogP contribution in [0.3, 0.4) is 0 Å². The van der Waals surface area contributed by atoms with Crippen LogP contribution in [0.4, 0.5) is 0 Å². The number of nitrogens with one attached hydrogen (secondary N) is 1. The van der Waals surface area contributed by atoms with E-state index in [1.54, 1.807) is 12.1 Å². The third kappa shape index (κ3) is 2.93. The second-order valence-corrected chi connectivity index (χ2v) is 5.66. The highest BCUT2D eigenvalue weighted by atomic mass is 16.5. The average Bonchev–Trinajstić information content (AvgIpc) is 3.00. The predicted molar refractivity (Wildman–Crippen MR) is 77.9 cm³/mol. The zero-order valence-corrected chi connectivity index (χ0v) is 12.6. The van der Waals surface area contributed by atoms with E-state index >= 15 is 0 Å². The maximum Gasteiger partial charge on any atom is 0.215 e. The van der Waals surface area contributed by atoms with Crippen LogP contribution < -0.4 is 9.47 Å². The highest BCUT2D eigenvalue weighted by Gasteiger charge is 2.32. The molecule has 7 nitrogen and oxygen atoms in total. The molecule has 1 N–H and O–H groups in total. The number of benzene rings is 1. The molecule has 1 atom stereocenters. The number of aromatic nitrogens is 4. The van der Waals surface area contributed by atoms with Gasteiger partial charge in [-0.05, 0) is 24.5 Å². The van der Waals surface area contributed by atoms with Crippen LogP contribution in [-0.2, 0) is 0 Å². The quantitative estimate of drug-likeness (QED) is 0.911. The van der Waals surface area contributed by atoms with Crippen molar-refractivity contribution < 1.29 is 14.3 Å². The molecule has 1 unspecified atom stereocenters. The maximum atomic E-state index is 12.5. The molecule has 0 fully saturated rings. The van der Waals surface area contributed by atoms with Crippen molar-refractivity contribution in [2.75, 3.05) is 6.61 Å². The van der Waals surface area contributed by atoms with Gasteiger partial charge in [0.15, 0.2) is 11.9 Å². The van der Waals surface area contributed by atoms with Gasteiger partial charge >= 0.3 is 0 Å². The minimum absolute atomic E-state index is 0.0313. The Hall–Kier alpha value is -2.44. The molecule has 3 rings (SSSR count). The van der Waals surface area contributed by atoms with E-state index in [0.29, 0.717) is 35.4 Å². The van der Waals surface area contributed by atoms with Crippen molar-refractivity contribution in [1.29, 1.82) is 0 Å². The van der Waals surface area contributed by atoms with E-state index in [0.717, 1.165) is 6.42 Å². The summed E-state index contributed by atoms with van der Waals surface area (Å²) >= 11 is 0. The molecule has 0 saturated carbocycles. The summed E-state index contributed by atoms with van der Waals surface area (Å²) < 4.78 is 11.6. The van der Waals surface area contributed by atoms with Gasteiger partial charge in [0.1, 0.15) is 17.1 Å². The van der Waals surface area contributed by atoms with Crippen molar-refractivity contribution in [2.45, 2.75) is 32.8 Å². The van der Waals surface area contributed by atoms with Crippen LogP contribution in [0, 0.1) is 5.92 Å². The number of carbonyl (C=O) groups excluding carboxylic acids is 1. The van der Waals surface area contributed by atoms with Gasteiger partial charge in [-0.25, -0.2) is 0 Å². The Morgan fingerprint density at radius 3 is 3.05 bits per heavy atom. The summed E-state index contributed by atoms with van der Waals surface area (Å²) in [4.78, 5) is 12.5. The summed E-state index contributed by atoms with van der Waals surface area (Å²) in [6.45, 7) is 4.84. The smallest absolute Gasteiger partial charge is 0.215 e. The number of carbonyl (C=O) groups is 1. The van der Waals surface area contributed by atoms with Gasteiger partial charge in [-0.1, -0.05) is 25.1 Å². The van der Waals surface area contributed by atoms with Gasteiger partial charge in [-0.2, -0.15) is 5.21 Å². The number of hydrogen-bond acceptors (Lipinski definition) is 6. The third-order valence-electron chi connectivity index (χ3n) is 3.51. The van der Waals surface area contributed by atoms with Crippen molar-refractivity contribution >= 4 is 5.78 Å². The number of hydrogen-bond donors (Lipinski definition) is 1. The fourth-order valence-corrected chi connectivity index (χ4v) is 2.32. The molecule has 1 aromatic heterocycles. The molecule has 7 heteroatoms. The number of rotatable bonds is 5. The van der Waals surface area contributed by atoms with Crippen molar-refractivity contribution in [1.82, 2.24) is 20.6 Å². The van der Waals surface area contributed by atoms with Gasteiger partial charge in [0.25, 0.3) is 0 Å². The van der Waals surface area contributed by atoms with Gasteiger partial charge in [0.2, 0.25) is 5.82 Å². The number of Topliss-reactive ketones (excluding diaryl/α,β-unsaturated/α-hetero) is 1. The molecule has 1 aromatic carbocycles. The first kappa shape index (κ1) is 14.5. The molecular formula is C15H18N4O3. The number of nitrogens with zero attached hydrogens (tertiary/aromatic N) is 3. The summed E-state index contributed by atoms with van der Waals surface area (Å²) in [7, 11) is 0. The van der Waals surface area contributed by atoms with E-state index in [2.05, 4.69) is 34.5 Å². The number of tetrazole rings is 1. The average molecular weight is 302 g/mol. The Morgan fingerprint density at radius 1 is 1.45 bits per heavy atom. The lowest BCUT2D eigenvalue weighted by Gasteiger charge is -2.24. The molecule has 116 valence electrons. The predicted octanol–water partition coefficient (Wildman–Crippen LogP) is 2.33. The SMILES string of the molecule is CC(C)CCOc1cccc2c1C(=O)CC(c1nn[nH]n1)O2. The lowest BCUT2D eigenvalue weighted by molar-refractivity contribution is 0.0831. The van der Waals surface area contributed by atoms with E-state index in [9.17, 15) is 4.79 Å². The Labute approximate surface area is 128 Å². The van der Waals surface area contributed by atoms with E-state index in [1.165, 1.54) is 0 Å². The van der Waals surface area contributed by atoms with Crippen molar-refractivity contribution in [3.05, 3.63) is 29.6 Å². The fraction of sp³-hybridized carbons (Fsp3) is 0.467. The minimum Gasteiger partial charge on any atom is -0.493 e. The van der Waals surface area contributed by atoms with Crippen LogP contribution in [0.15, 0.2) is 18.2 Å². The van der Waals surface area contributed by atoms with E-state index in [4.69, 9.17) is 9.47 Å². The lowest BCUT2D eigenvalue weighted by atomic mass is 9.99. The maximum absolute atomic E-state index is 12.5. The van der Waals surface area contributed by atoms with Gasteiger partial charge in [-0.15, -0.1) is 10.2 Å². The van der Waals surface area contributed by atoms with Crippen LogP contribution in [0.5, 0.6) is 11.5 Å². The van der Waals surface area contributed by atoms with Gasteiger partial charge in [0, 0.05) is 0 Å². The van der Waals surface area contributed by atoms with Gasteiger partial charge < -0.3 is 9.47 Å². The van der Waals surface area contributed by atoms with E-state index < -0.39 is 6.10 Å². The standard InChI is InChI=1S/C15H18N4O3/c1-9(2)6-7-21-11-4-3-5-12-14(11)10(20)8-13(22-12)15-16-18-19-17-15/h3-5,9,13H,6-8H2,1-2H3,(H,16,17,18,19). The molecule has 1 aliphatic rings.